The number of nitrogens with one attached hydrogen (secondary N) is 5. The lowest BCUT2D eigenvalue weighted by Crippen LogP contribution is -2.26. The number of halogens is 3. The second kappa shape index (κ2) is 28.1. The standard InChI is InChI=1S/C13H17NO2.C12H17NO.3C11H14FNO/c1-14-8-11-12-9(4-6-15-11)2-3-10-5-7-16-13(10)12;1-9-3-4-11-10(7-9)5-6-14-12(11)8-13-2;1-13-7-11-9-3-2-4-10(12)8(9)5-6-14-11;2*1-13-7-10-11-8(5-6-14-10)3-2-4-9(11)12/h2-3,11,14H,4-8H2,1H3;3-4,7,12-13H,5-6,8H2,1-2H3;2-4,11,13H,5-7H2,1H3;2*2-4,10,13H,5-7H2,1H3/t11-;12-;11-;2*10-/m00010/s1. The van der Waals surface area contributed by atoms with Gasteiger partial charge in [-0.1, -0.05) is 72.3 Å². The summed E-state index contributed by atoms with van der Waals surface area (Å²) in [6, 6.07) is 26.8. The molecule has 390 valence electrons. The van der Waals surface area contributed by atoms with E-state index in [9.17, 15) is 13.2 Å². The van der Waals surface area contributed by atoms with E-state index in [0.717, 1.165) is 111 Å². The Bertz CT molecular complexity index is 2430. The second-order valence-electron chi connectivity index (χ2n) is 18.7. The maximum atomic E-state index is 13.5. The lowest BCUT2D eigenvalue weighted by Gasteiger charge is -2.27. The predicted molar refractivity (Wildman–Crippen MR) is 278 cm³/mol. The molecule has 6 heterocycles. The molecule has 5 atom stereocenters. The van der Waals surface area contributed by atoms with Gasteiger partial charge < -0.3 is 55.0 Å². The lowest BCUT2D eigenvalue weighted by atomic mass is 9.93. The van der Waals surface area contributed by atoms with Gasteiger partial charge in [-0.2, -0.15) is 0 Å². The minimum absolute atomic E-state index is 0.000509. The number of ether oxygens (including phenoxy) is 6. The van der Waals surface area contributed by atoms with E-state index in [0.29, 0.717) is 39.3 Å². The first-order valence-electron chi connectivity index (χ1n) is 25.7. The maximum absolute atomic E-state index is 13.5. The molecule has 11 nitrogen and oxygen atoms in total. The Kier molecular flexibility index (Phi) is 21.5. The fourth-order valence-electron chi connectivity index (χ4n) is 10.3. The van der Waals surface area contributed by atoms with Gasteiger partial charge in [-0.25, -0.2) is 13.2 Å². The second-order valence-corrected chi connectivity index (χ2v) is 18.7. The smallest absolute Gasteiger partial charge is 0.129 e. The number of likely N-dealkylation sites (N-methyl/N-ethyl adjacent to an activating group) is 5. The van der Waals surface area contributed by atoms with Crippen molar-refractivity contribution in [2.24, 2.45) is 0 Å². The molecule has 5 aromatic rings. The quantitative estimate of drug-likeness (QED) is 0.0933. The van der Waals surface area contributed by atoms with Gasteiger partial charge in [0.05, 0.1) is 70.2 Å². The Balaban J connectivity index is 0.000000132. The molecule has 14 heteroatoms. The highest BCUT2D eigenvalue weighted by molar-refractivity contribution is 5.51. The van der Waals surface area contributed by atoms with Crippen molar-refractivity contribution in [3.63, 3.8) is 0 Å². The molecule has 72 heavy (non-hydrogen) atoms. The normalized spacial score (nSPS) is 21.0. The lowest BCUT2D eigenvalue weighted by molar-refractivity contribution is 0.0409. The molecule has 11 rings (SSSR count). The maximum Gasteiger partial charge on any atom is 0.129 e. The van der Waals surface area contributed by atoms with E-state index in [4.69, 9.17) is 28.4 Å². The van der Waals surface area contributed by atoms with Crippen LogP contribution in [0.1, 0.15) is 97.3 Å². The molecule has 0 radical (unpaired) electrons. The van der Waals surface area contributed by atoms with Gasteiger partial charge in [0.1, 0.15) is 23.2 Å². The monoisotopic (exact) mass is 996 g/mol. The Morgan fingerprint density at radius 1 is 0.403 bits per heavy atom. The highest BCUT2D eigenvalue weighted by atomic mass is 19.1. The summed E-state index contributed by atoms with van der Waals surface area (Å²) < 4.78 is 74.4. The molecular formula is C58H76F3N5O6. The van der Waals surface area contributed by atoms with Crippen LogP contribution in [0.4, 0.5) is 13.2 Å². The van der Waals surface area contributed by atoms with Gasteiger partial charge in [0.25, 0.3) is 0 Å². The summed E-state index contributed by atoms with van der Waals surface area (Å²) in [5, 5.41) is 15.4. The van der Waals surface area contributed by atoms with Crippen molar-refractivity contribution in [2.45, 2.75) is 76.0 Å². The van der Waals surface area contributed by atoms with E-state index in [1.807, 2.05) is 53.4 Å². The Hall–Kier alpha value is -4.71. The zero-order valence-electron chi connectivity index (χ0n) is 43.1. The summed E-state index contributed by atoms with van der Waals surface area (Å²) in [6.45, 7) is 10.4. The molecule has 0 saturated carbocycles. The van der Waals surface area contributed by atoms with Gasteiger partial charge in [0, 0.05) is 55.8 Å². The molecule has 0 fully saturated rings. The van der Waals surface area contributed by atoms with Crippen LogP contribution < -0.4 is 31.3 Å². The van der Waals surface area contributed by atoms with Crippen LogP contribution in [0.5, 0.6) is 5.75 Å². The van der Waals surface area contributed by atoms with E-state index in [2.05, 4.69) is 63.8 Å². The molecule has 0 amide bonds. The number of hydrogen-bond acceptors (Lipinski definition) is 11. The minimum Gasteiger partial charge on any atom is -0.493 e. The van der Waals surface area contributed by atoms with Crippen LogP contribution in [0, 0.1) is 24.4 Å². The highest BCUT2D eigenvalue weighted by Crippen LogP contribution is 2.40. The van der Waals surface area contributed by atoms with Gasteiger partial charge >= 0.3 is 0 Å². The van der Waals surface area contributed by atoms with Gasteiger partial charge in [-0.3, -0.25) is 0 Å². The van der Waals surface area contributed by atoms with Gasteiger partial charge in [-0.05, 0) is 137 Å². The van der Waals surface area contributed by atoms with Crippen LogP contribution >= 0.6 is 0 Å². The van der Waals surface area contributed by atoms with Crippen molar-refractivity contribution >= 4 is 0 Å². The molecule has 6 aliphatic rings. The largest absolute Gasteiger partial charge is 0.493 e. The minimum atomic E-state index is -0.151. The Morgan fingerprint density at radius 3 is 1.38 bits per heavy atom. The van der Waals surface area contributed by atoms with E-state index in [1.165, 1.54) is 51.6 Å². The Labute approximate surface area is 425 Å². The van der Waals surface area contributed by atoms with Crippen molar-refractivity contribution in [3.05, 3.63) is 169 Å². The van der Waals surface area contributed by atoms with Crippen molar-refractivity contribution in [2.75, 3.05) is 108 Å². The summed E-state index contributed by atoms with van der Waals surface area (Å²) in [7, 11) is 9.49. The van der Waals surface area contributed by atoms with Crippen molar-refractivity contribution in [3.8, 4) is 5.75 Å². The average Bonchev–Trinajstić information content (AvgIpc) is 3.88. The van der Waals surface area contributed by atoms with Gasteiger partial charge in [0.15, 0.2) is 0 Å². The third-order valence-corrected chi connectivity index (χ3v) is 13.8. The third kappa shape index (κ3) is 14.1. The molecule has 0 unspecified atom stereocenters. The van der Waals surface area contributed by atoms with Crippen LogP contribution in [-0.2, 0) is 62.2 Å². The van der Waals surface area contributed by atoms with E-state index >= 15 is 0 Å². The summed E-state index contributed by atoms with van der Waals surface area (Å²) in [5.74, 6) is 0.689. The van der Waals surface area contributed by atoms with Crippen LogP contribution in [-0.4, -0.2) is 108 Å². The third-order valence-electron chi connectivity index (χ3n) is 13.8. The zero-order chi connectivity index (χ0) is 50.8. The first-order chi connectivity index (χ1) is 35.2. The van der Waals surface area contributed by atoms with Crippen molar-refractivity contribution in [1.82, 2.24) is 26.6 Å². The highest BCUT2D eigenvalue weighted by Gasteiger charge is 2.29. The van der Waals surface area contributed by atoms with Crippen LogP contribution in [0.2, 0.25) is 0 Å². The summed E-state index contributed by atoms with van der Waals surface area (Å²) in [6.07, 6.45) is 5.53. The molecule has 0 spiro atoms. The fourth-order valence-corrected chi connectivity index (χ4v) is 10.3. The summed E-state index contributed by atoms with van der Waals surface area (Å²) in [5.41, 5.74) is 13.6. The van der Waals surface area contributed by atoms with Crippen LogP contribution in [0.3, 0.4) is 0 Å². The number of benzene rings is 5. The van der Waals surface area contributed by atoms with Crippen molar-refractivity contribution in [1.29, 1.82) is 0 Å². The zero-order valence-corrected chi connectivity index (χ0v) is 43.1. The van der Waals surface area contributed by atoms with E-state index in [-0.39, 0.29) is 48.0 Å². The first kappa shape index (κ1) is 55.0. The van der Waals surface area contributed by atoms with Crippen LogP contribution in [0.25, 0.3) is 0 Å². The topological polar surface area (TPSA) is 116 Å². The molecule has 0 aromatic heterocycles. The molecule has 0 aliphatic carbocycles. The number of hydrogen-bond donors (Lipinski definition) is 5. The molecule has 5 N–H and O–H groups in total. The molecule has 0 bridgehead atoms. The van der Waals surface area contributed by atoms with Gasteiger partial charge in [-0.15, -0.1) is 0 Å². The molecule has 0 saturated heterocycles. The number of rotatable bonds is 10. The summed E-state index contributed by atoms with van der Waals surface area (Å²) >= 11 is 0. The number of aryl methyl sites for hydroxylation is 1. The van der Waals surface area contributed by atoms with Crippen molar-refractivity contribution < 1.29 is 41.6 Å². The average molecular weight is 996 g/mol. The molecular weight excluding hydrogens is 920 g/mol. The van der Waals surface area contributed by atoms with E-state index in [1.54, 1.807) is 18.2 Å². The fraction of sp³-hybridized carbons (Fsp3) is 0.483. The number of fused-ring (bicyclic) bond motifs is 7. The summed E-state index contributed by atoms with van der Waals surface area (Å²) in [4.78, 5) is 0. The Morgan fingerprint density at radius 2 is 0.819 bits per heavy atom. The van der Waals surface area contributed by atoms with E-state index < -0.39 is 0 Å². The first-order valence-corrected chi connectivity index (χ1v) is 25.7. The molecule has 6 aliphatic heterocycles. The molecule has 5 aromatic carbocycles. The SMILES string of the molecule is CNC[C@@H]1OCCc2c(F)cccc21.CNC[C@@H]1OCCc2cc(C)ccc21.CNC[C@@H]1OCCc2ccc3c(c21)OCC3.CNC[C@@H]1OCCc2cccc(F)c21.CNC[C@H]1OCCc2cccc(F)c21. The van der Waals surface area contributed by atoms with Crippen LogP contribution in [0.15, 0.2) is 84.9 Å². The van der Waals surface area contributed by atoms with Gasteiger partial charge in [0.2, 0.25) is 0 Å². The predicted octanol–water partition coefficient (Wildman–Crippen LogP) is 8.26.